The van der Waals surface area contributed by atoms with E-state index < -0.39 is 0 Å². The van der Waals surface area contributed by atoms with E-state index >= 15 is 0 Å². The molecule has 18 heavy (non-hydrogen) atoms. The van der Waals surface area contributed by atoms with Crippen LogP contribution in [-0.2, 0) is 0 Å². The summed E-state index contributed by atoms with van der Waals surface area (Å²) >= 11 is 0. The van der Waals surface area contributed by atoms with Crippen LogP contribution in [0.25, 0.3) is 0 Å². The number of aliphatic hydroxyl groups excluding tert-OH is 1. The molecule has 98 valence electrons. The number of rotatable bonds is 1. The highest BCUT2D eigenvalue weighted by Gasteiger charge is 2.42. The minimum Gasteiger partial charge on any atom is -0.487 e. The first kappa shape index (κ1) is 12.0. The third-order valence-corrected chi connectivity index (χ3v) is 4.76. The highest BCUT2D eigenvalue weighted by Crippen LogP contribution is 2.47. The Labute approximate surface area is 109 Å². The van der Waals surface area contributed by atoms with Crippen molar-refractivity contribution >= 4 is 0 Å². The van der Waals surface area contributed by atoms with E-state index in [1.165, 1.54) is 19.3 Å². The molecule has 1 aliphatic heterocycles. The van der Waals surface area contributed by atoms with E-state index in [4.69, 9.17) is 4.74 Å². The molecule has 0 unspecified atom stereocenters. The van der Waals surface area contributed by atoms with Gasteiger partial charge in [-0.05, 0) is 37.7 Å². The maximum Gasteiger partial charge on any atom is 0.125 e. The molecule has 0 amide bonds. The molecule has 1 heterocycles. The fraction of sp³-hybridized carbons (Fsp3) is 0.625. The lowest BCUT2D eigenvalue weighted by atomic mass is 9.73. The zero-order valence-corrected chi connectivity index (χ0v) is 11.1. The smallest absolute Gasteiger partial charge is 0.125 e. The van der Waals surface area contributed by atoms with E-state index in [0.29, 0.717) is 0 Å². The molecule has 1 aromatic rings. The maximum absolute atomic E-state index is 10.3. The SMILES string of the molecule is CCC1CCC2(CC1)C[C@@H](O)c1ccccc1O2. The zero-order valence-electron chi connectivity index (χ0n) is 11.1. The maximum atomic E-state index is 10.3. The molecule has 0 bridgehead atoms. The Morgan fingerprint density at radius 1 is 1.28 bits per heavy atom. The molecule has 3 rings (SSSR count). The fourth-order valence-electron chi connectivity index (χ4n) is 3.50. The summed E-state index contributed by atoms with van der Waals surface area (Å²) < 4.78 is 6.26. The van der Waals surface area contributed by atoms with Crippen LogP contribution < -0.4 is 4.74 Å². The molecule has 1 N–H and O–H groups in total. The number of benzene rings is 1. The molecule has 2 nitrogen and oxygen atoms in total. The lowest BCUT2D eigenvalue weighted by molar-refractivity contribution is -0.0470. The van der Waals surface area contributed by atoms with Gasteiger partial charge in [0.05, 0.1) is 6.10 Å². The molecule has 1 spiro atoms. The largest absolute Gasteiger partial charge is 0.487 e. The van der Waals surface area contributed by atoms with Gasteiger partial charge in [-0.1, -0.05) is 31.5 Å². The average Bonchev–Trinajstić information content (AvgIpc) is 2.40. The van der Waals surface area contributed by atoms with Gasteiger partial charge in [-0.3, -0.25) is 0 Å². The van der Waals surface area contributed by atoms with Crippen molar-refractivity contribution in [2.75, 3.05) is 0 Å². The third kappa shape index (κ3) is 2.03. The van der Waals surface area contributed by atoms with Gasteiger partial charge in [-0.15, -0.1) is 0 Å². The summed E-state index contributed by atoms with van der Waals surface area (Å²) in [5.41, 5.74) is 0.861. The van der Waals surface area contributed by atoms with Gasteiger partial charge in [-0.2, -0.15) is 0 Å². The van der Waals surface area contributed by atoms with Crippen molar-refractivity contribution in [2.45, 2.75) is 57.2 Å². The van der Waals surface area contributed by atoms with Crippen LogP contribution in [0.15, 0.2) is 24.3 Å². The van der Waals surface area contributed by atoms with E-state index in [2.05, 4.69) is 6.92 Å². The fourth-order valence-corrected chi connectivity index (χ4v) is 3.50. The lowest BCUT2D eigenvalue weighted by Gasteiger charge is -2.45. The monoisotopic (exact) mass is 246 g/mol. The van der Waals surface area contributed by atoms with Crippen LogP contribution >= 0.6 is 0 Å². The molecule has 0 aromatic heterocycles. The van der Waals surface area contributed by atoms with Crippen LogP contribution in [0, 0.1) is 5.92 Å². The summed E-state index contributed by atoms with van der Waals surface area (Å²) in [5, 5.41) is 10.3. The van der Waals surface area contributed by atoms with Crippen LogP contribution in [0.2, 0.25) is 0 Å². The van der Waals surface area contributed by atoms with Crippen molar-refractivity contribution in [3.8, 4) is 5.75 Å². The van der Waals surface area contributed by atoms with Gasteiger partial charge in [0.1, 0.15) is 11.4 Å². The van der Waals surface area contributed by atoms with Gasteiger partial charge in [0.2, 0.25) is 0 Å². The minimum absolute atomic E-state index is 0.0978. The van der Waals surface area contributed by atoms with Crippen molar-refractivity contribution < 1.29 is 9.84 Å². The van der Waals surface area contributed by atoms with Crippen LogP contribution in [0.4, 0.5) is 0 Å². The van der Waals surface area contributed by atoms with Gasteiger partial charge in [0, 0.05) is 12.0 Å². The number of para-hydroxylation sites is 1. The number of hydrogen-bond donors (Lipinski definition) is 1. The molecule has 1 aliphatic carbocycles. The number of ether oxygens (including phenoxy) is 1. The molecule has 1 aromatic carbocycles. The zero-order chi connectivity index (χ0) is 12.6. The normalized spacial score (nSPS) is 35.0. The quantitative estimate of drug-likeness (QED) is 0.815. The molecular formula is C16H22O2. The summed E-state index contributed by atoms with van der Waals surface area (Å²) in [6, 6.07) is 7.93. The Hall–Kier alpha value is -1.02. The van der Waals surface area contributed by atoms with Gasteiger partial charge >= 0.3 is 0 Å². The van der Waals surface area contributed by atoms with Gasteiger partial charge in [-0.25, -0.2) is 0 Å². The first-order valence-electron chi connectivity index (χ1n) is 7.18. The van der Waals surface area contributed by atoms with Crippen LogP contribution in [0.5, 0.6) is 5.75 Å². The van der Waals surface area contributed by atoms with Gasteiger partial charge in [0.15, 0.2) is 0 Å². The second-order valence-corrected chi connectivity index (χ2v) is 5.89. The highest BCUT2D eigenvalue weighted by molar-refractivity contribution is 5.38. The Kier molecular flexibility index (Phi) is 3.06. The number of aliphatic hydroxyl groups is 1. The summed E-state index contributed by atoms with van der Waals surface area (Å²) in [5.74, 6) is 1.75. The lowest BCUT2D eigenvalue weighted by Crippen LogP contribution is -2.44. The Morgan fingerprint density at radius 3 is 2.72 bits per heavy atom. The predicted octanol–water partition coefficient (Wildman–Crippen LogP) is 3.84. The van der Waals surface area contributed by atoms with E-state index in [-0.39, 0.29) is 11.7 Å². The molecule has 2 aliphatic rings. The van der Waals surface area contributed by atoms with Crippen molar-refractivity contribution in [3.63, 3.8) is 0 Å². The molecular weight excluding hydrogens is 224 g/mol. The van der Waals surface area contributed by atoms with Crippen molar-refractivity contribution in [3.05, 3.63) is 29.8 Å². The van der Waals surface area contributed by atoms with E-state index in [0.717, 1.165) is 36.5 Å². The highest BCUT2D eigenvalue weighted by atomic mass is 16.5. The van der Waals surface area contributed by atoms with Gasteiger partial charge in [0.25, 0.3) is 0 Å². The molecule has 1 atom stereocenters. The first-order valence-corrected chi connectivity index (χ1v) is 7.18. The minimum atomic E-state index is -0.354. The summed E-state index contributed by atoms with van der Waals surface area (Å²) in [6.45, 7) is 2.27. The van der Waals surface area contributed by atoms with Gasteiger partial charge < -0.3 is 9.84 Å². The second kappa shape index (κ2) is 4.58. The number of hydrogen-bond acceptors (Lipinski definition) is 2. The Morgan fingerprint density at radius 2 is 2.00 bits per heavy atom. The van der Waals surface area contributed by atoms with Crippen LogP contribution in [-0.4, -0.2) is 10.7 Å². The third-order valence-electron chi connectivity index (χ3n) is 4.76. The molecule has 1 fully saturated rings. The van der Waals surface area contributed by atoms with Crippen molar-refractivity contribution in [1.82, 2.24) is 0 Å². The average molecular weight is 246 g/mol. The Bertz CT molecular complexity index is 419. The topological polar surface area (TPSA) is 29.5 Å². The van der Waals surface area contributed by atoms with E-state index in [1.54, 1.807) is 0 Å². The summed E-state index contributed by atoms with van der Waals surface area (Å²) in [4.78, 5) is 0. The predicted molar refractivity (Wildman–Crippen MR) is 71.6 cm³/mol. The van der Waals surface area contributed by atoms with Crippen LogP contribution in [0.3, 0.4) is 0 Å². The second-order valence-electron chi connectivity index (χ2n) is 5.89. The first-order chi connectivity index (χ1) is 8.72. The van der Waals surface area contributed by atoms with E-state index in [1.807, 2.05) is 24.3 Å². The Balaban J connectivity index is 1.81. The number of fused-ring (bicyclic) bond motifs is 1. The molecule has 1 saturated carbocycles. The van der Waals surface area contributed by atoms with Crippen molar-refractivity contribution in [1.29, 1.82) is 0 Å². The molecule has 2 heteroatoms. The molecule has 0 saturated heterocycles. The van der Waals surface area contributed by atoms with Crippen molar-refractivity contribution in [2.24, 2.45) is 5.92 Å². The summed E-state index contributed by atoms with van der Waals surface area (Å²) in [7, 11) is 0. The standard InChI is InChI=1S/C16H22O2/c1-2-12-7-9-16(10-8-12)11-14(17)13-5-3-4-6-15(13)18-16/h3-6,12,14,17H,2,7-11H2,1H3/t12?,14-,16?/m1/s1. The van der Waals surface area contributed by atoms with Crippen LogP contribution in [0.1, 0.15) is 57.1 Å². The van der Waals surface area contributed by atoms with E-state index in [9.17, 15) is 5.11 Å². The molecule has 0 radical (unpaired) electrons. The summed E-state index contributed by atoms with van der Waals surface area (Å²) in [6.07, 6.45) is 6.35.